The lowest BCUT2D eigenvalue weighted by Gasteiger charge is -2.15. The van der Waals surface area contributed by atoms with E-state index >= 15 is 0 Å². The Balaban J connectivity index is 1.61. The van der Waals surface area contributed by atoms with Crippen molar-refractivity contribution in [1.29, 1.82) is 0 Å². The SMILES string of the molecule is Nc1nc(NCCC2CCNC2)c2c(n1)-c1ccccc1CCC2. The molecule has 1 aliphatic carbocycles. The number of benzene rings is 1. The first kappa shape index (κ1) is 15.4. The molecule has 126 valence electrons. The van der Waals surface area contributed by atoms with Gasteiger partial charge in [0.2, 0.25) is 5.95 Å². The van der Waals surface area contributed by atoms with Crippen molar-refractivity contribution in [3.8, 4) is 11.3 Å². The largest absolute Gasteiger partial charge is 0.370 e. The Kier molecular flexibility index (Phi) is 4.34. The number of hydrogen-bond donors (Lipinski definition) is 3. The molecule has 4 N–H and O–H groups in total. The topological polar surface area (TPSA) is 75.9 Å². The summed E-state index contributed by atoms with van der Waals surface area (Å²) in [4.78, 5) is 9.08. The van der Waals surface area contributed by atoms with E-state index in [0.29, 0.717) is 5.95 Å². The van der Waals surface area contributed by atoms with Gasteiger partial charge in [-0.15, -0.1) is 0 Å². The highest BCUT2D eigenvalue weighted by Crippen LogP contribution is 2.34. The molecule has 1 saturated heterocycles. The number of rotatable bonds is 4. The fourth-order valence-corrected chi connectivity index (χ4v) is 3.89. The number of nitrogens with two attached hydrogens (primary N) is 1. The van der Waals surface area contributed by atoms with Crippen LogP contribution in [0.15, 0.2) is 24.3 Å². The van der Waals surface area contributed by atoms with E-state index in [2.05, 4.69) is 44.9 Å². The predicted octanol–water partition coefficient (Wildman–Crippen LogP) is 2.63. The molecule has 4 rings (SSSR count). The summed E-state index contributed by atoms with van der Waals surface area (Å²) in [6.07, 6.45) is 5.65. The van der Waals surface area contributed by atoms with Crippen LogP contribution in [0, 0.1) is 5.92 Å². The summed E-state index contributed by atoms with van der Waals surface area (Å²) in [7, 11) is 0. The molecule has 0 saturated carbocycles. The number of aryl methyl sites for hydroxylation is 1. The summed E-state index contributed by atoms with van der Waals surface area (Å²) < 4.78 is 0. The van der Waals surface area contributed by atoms with Crippen LogP contribution in [-0.4, -0.2) is 29.6 Å². The number of hydrogen-bond acceptors (Lipinski definition) is 5. The van der Waals surface area contributed by atoms with Gasteiger partial charge in [-0.3, -0.25) is 0 Å². The third kappa shape index (κ3) is 3.08. The minimum Gasteiger partial charge on any atom is -0.370 e. The smallest absolute Gasteiger partial charge is 0.222 e. The molecule has 5 heteroatoms. The van der Waals surface area contributed by atoms with Crippen molar-refractivity contribution in [2.75, 3.05) is 30.7 Å². The van der Waals surface area contributed by atoms with Crippen LogP contribution < -0.4 is 16.4 Å². The number of nitrogen functional groups attached to an aromatic ring is 1. The second-order valence-corrected chi connectivity index (χ2v) is 6.84. The minimum absolute atomic E-state index is 0.357. The van der Waals surface area contributed by atoms with Crippen molar-refractivity contribution < 1.29 is 0 Å². The minimum atomic E-state index is 0.357. The fourth-order valence-electron chi connectivity index (χ4n) is 3.89. The predicted molar refractivity (Wildman–Crippen MR) is 98.0 cm³/mol. The maximum atomic E-state index is 6.01. The lowest BCUT2D eigenvalue weighted by Crippen LogP contribution is -2.15. The molecule has 0 radical (unpaired) electrons. The number of anilines is 2. The van der Waals surface area contributed by atoms with Crippen molar-refractivity contribution in [2.24, 2.45) is 5.92 Å². The molecule has 2 aromatic rings. The maximum Gasteiger partial charge on any atom is 0.222 e. The van der Waals surface area contributed by atoms with Gasteiger partial charge >= 0.3 is 0 Å². The van der Waals surface area contributed by atoms with Gasteiger partial charge < -0.3 is 16.4 Å². The maximum absolute atomic E-state index is 6.01. The van der Waals surface area contributed by atoms with Gasteiger partial charge in [-0.25, -0.2) is 4.98 Å². The molecule has 1 aromatic carbocycles. The molecule has 1 unspecified atom stereocenters. The molecule has 24 heavy (non-hydrogen) atoms. The standard InChI is InChI=1S/C19H25N5/c20-19-23-17-15-6-2-1-4-14(15)5-3-7-16(17)18(24-19)22-11-9-13-8-10-21-12-13/h1-2,4,6,13,21H,3,5,7-12H2,(H3,20,22,23,24). The molecule has 5 nitrogen and oxygen atoms in total. The highest BCUT2D eigenvalue weighted by atomic mass is 15.1. The van der Waals surface area contributed by atoms with Gasteiger partial charge in [-0.1, -0.05) is 24.3 Å². The number of nitrogens with one attached hydrogen (secondary N) is 2. The van der Waals surface area contributed by atoms with Crippen LogP contribution in [0.25, 0.3) is 11.3 Å². The molecular formula is C19H25N5. The van der Waals surface area contributed by atoms with Crippen LogP contribution in [0.3, 0.4) is 0 Å². The molecular weight excluding hydrogens is 298 g/mol. The van der Waals surface area contributed by atoms with Crippen molar-refractivity contribution >= 4 is 11.8 Å². The van der Waals surface area contributed by atoms with E-state index in [1.165, 1.54) is 29.5 Å². The van der Waals surface area contributed by atoms with Crippen molar-refractivity contribution in [3.63, 3.8) is 0 Å². The number of fused-ring (bicyclic) bond motifs is 3. The van der Waals surface area contributed by atoms with Gasteiger partial charge in [0.05, 0.1) is 5.69 Å². The third-order valence-electron chi connectivity index (χ3n) is 5.18. The van der Waals surface area contributed by atoms with Crippen LogP contribution in [0.1, 0.15) is 30.4 Å². The van der Waals surface area contributed by atoms with Crippen LogP contribution in [0.5, 0.6) is 0 Å². The van der Waals surface area contributed by atoms with E-state index in [1.54, 1.807) is 0 Å². The molecule has 0 spiro atoms. The summed E-state index contributed by atoms with van der Waals surface area (Å²) in [5.41, 5.74) is 10.8. The highest BCUT2D eigenvalue weighted by molar-refractivity contribution is 5.73. The van der Waals surface area contributed by atoms with E-state index in [1.807, 2.05) is 0 Å². The van der Waals surface area contributed by atoms with Crippen LogP contribution in [0.4, 0.5) is 11.8 Å². The van der Waals surface area contributed by atoms with Gasteiger partial charge in [-0.05, 0) is 56.7 Å². The Morgan fingerprint density at radius 2 is 2.12 bits per heavy atom. The van der Waals surface area contributed by atoms with E-state index in [0.717, 1.165) is 56.3 Å². The van der Waals surface area contributed by atoms with Crippen LogP contribution in [-0.2, 0) is 12.8 Å². The summed E-state index contributed by atoms with van der Waals surface area (Å²) >= 11 is 0. The van der Waals surface area contributed by atoms with Gasteiger partial charge in [0.15, 0.2) is 0 Å². The normalized spacial score (nSPS) is 19.4. The zero-order valence-electron chi connectivity index (χ0n) is 14.0. The second-order valence-electron chi connectivity index (χ2n) is 6.84. The molecule has 0 bridgehead atoms. The zero-order chi connectivity index (χ0) is 16.4. The fraction of sp³-hybridized carbons (Fsp3) is 0.474. The Morgan fingerprint density at radius 1 is 1.21 bits per heavy atom. The lowest BCUT2D eigenvalue weighted by molar-refractivity contribution is 0.548. The monoisotopic (exact) mass is 323 g/mol. The highest BCUT2D eigenvalue weighted by Gasteiger charge is 2.20. The molecule has 1 fully saturated rings. The number of nitrogens with zero attached hydrogens (tertiary/aromatic N) is 2. The van der Waals surface area contributed by atoms with Crippen molar-refractivity contribution in [3.05, 3.63) is 35.4 Å². The van der Waals surface area contributed by atoms with Gasteiger partial charge in [-0.2, -0.15) is 4.98 Å². The van der Waals surface area contributed by atoms with E-state index in [4.69, 9.17) is 5.73 Å². The third-order valence-corrected chi connectivity index (χ3v) is 5.18. The van der Waals surface area contributed by atoms with Crippen LogP contribution >= 0.6 is 0 Å². The lowest BCUT2D eigenvalue weighted by atomic mass is 10.0. The second kappa shape index (κ2) is 6.77. The molecule has 0 amide bonds. The first-order valence-corrected chi connectivity index (χ1v) is 9.00. The van der Waals surface area contributed by atoms with Gasteiger partial charge in [0.25, 0.3) is 0 Å². The first-order valence-electron chi connectivity index (χ1n) is 9.00. The van der Waals surface area contributed by atoms with Crippen molar-refractivity contribution in [1.82, 2.24) is 15.3 Å². The molecule has 1 atom stereocenters. The Labute approximate surface area is 143 Å². The Hall–Kier alpha value is -2.14. The summed E-state index contributed by atoms with van der Waals surface area (Å²) in [6, 6.07) is 8.53. The van der Waals surface area contributed by atoms with Crippen LogP contribution in [0.2, 0.25) is 0 Å². The summed E-state index contributed by atoms with van der Waals surface area (Å²) in [5.74, 6) is 2.06. The summed E-state index contributed by atoms with van der Waals surface area (Å²) in [6.45, 7) is 3.23. The van der Waals surface area contributed by atoms with E-state index in [9.17, 15) is 0 Å². The quantitative estimate of drug-likeness (QED) is 0.806. The average Bonchev–Trinajstić information content (AvgIpc) is 3.03. The van der Waals surface area contributed by atoms with E-state index in [-0.39, 0.29) is 0 Å². The molecule has 2 aliphatic rings. The van der Waals surface area contributed by atoms with Gasteiger partial charge in [0.1, 0.15) is 5.82 Å². The zero-order valence-corrected chi connectivity index (χ0v) is 14.0. The van der Waals surface area contributed by atoms with Crippen molar-refractivity contribution in [2.45, 2.75) is 32.1 Å². The van der Waals surface area contributed by atoms with Gasteiger partial charge in [0, 0.05) is 17.7 Å². The molecule has 1 aromatic heterocycles. The average molecular weight is 323 g/mol. The molecule has 1 aliphatic heterocycles. The Morgan fingerprint density at radius 3 is 3.00 bits per heavy atom. The van der Waals surface area contributed by atoms with E-state index < -0.39 is 0 Å². The first-order chi connectivity index (χ1) is 11.8. The molecule has 2 heterocycles. The summed E-state index contributed by atoms with van der Waals surface area (Å²) in [5, 5.41) is 6.97. The Bertz CT molecular complexity index is 722. The number of aromatic nitrogens is 2.